The van der Waals surface area contributed by atoms with Crippen molar-refractivity contribution in [3.63, 3.8) is 0 Å². The minimum atomic E-state index is 0.187. The number of nitrogens with zero attached hydrogens (tertiary/aromatic N) is 1. The maximum atomic E-state index is 10.6. The fourth-order valence-corrected chi connectivity index (χ4v) is 1.12. The van der Waals surface area contributed by atoms with Gasteiger partial charge in [0.15, 0.2) is 0 Å². The van der Waals surface area contributed by atoms with Crippen molar-refractivity contribution < 1.29 is 4.79 Å². The highest BCUT2D eigenvalue weighted by Crippen LogP contribution is 2.03. The molecule has 0 saturated heterocycles. The van der Waals surface area contributed by atoms with E-state index >= 15 is 0 Å². The quantitative estimate of drug-likeness (QED) is 0.669. The van der Waals surface area contributed by atoms with E-state index in [-0.39, 0.29) is 5.78 Å². The zero-order valence-corrected chi connectivity index (χ0v) is 8.66. The molecule has 0 aliphatic carbocycles. The van der Waals surface area contributed by atoms with Gasteiger partial charge in [0, 0.05) is 19.2 Å². The zero-order chi connectivity index (χ0) is 10.4. The fraction of sp³-hybridized carbons (Fsp3) is 0.333. The van der Waals surface area contributed by atoms with Crippen molar-refractivity contribution in [1.29, 1.82) is 0 Å². The van der Waals surface area contributed by atoms with Gasteiger partial charge in [0.1, 0.15) is 5.78 Å². The van der Waals surface area contributed by atoms with Crippen molar-refractivity contribution in [3.05, 3.63) is 35.4 Å². The molecule has 0 amide bonds. The molecule has 0 aromatic heterocycles. The predicted octanol–water partition coefficient (Wildman–Crippen LogP) is 2.39. The Kier molecular flexibility index (Phi) is 4.05. The summed E-state index contributed by atoms with van der Waals surface area (Å²) >= 11 is 0. The SMILES string of the molecule is CC(=O)CCN=Cc1ccccc1C. The van der Waals surface area contributed by atoms with Gasteiger partial charge >= 0.3 is 0 Å². The summed E-state index contributed by atoms with van der Waals surface area (Å²) in [6.45, 7) is 4.22. The Bertz CT molecular complexity index is 342. The second kappa shape index (κ2) is 5.32. The first kappa shape index (κ1) is 10.6. The number of hydrogen-bond donors (Lipinski definition) is 0. The summed E-state index contributed by atoms with van der Waals surface area (Å²) in [6, 6.07) is 8.06. The van der Waals surface area contributed by atoms with E-state index in [1.54, 1.807) is 6.92 Å². The Hall–Kier alpha value is -1.44. The van der Waals surface area contributed by atoms with Gasteiger partial charge < -0.3 is 0 Å². The van der Waals surface area contributed by atoms with E-state index in [1.807, 2.05) is 37.4 Å². The first-order valence-corrected chi connectivity index (χ1v) is 4.75. The van der Waals surface area contributed by atoms with E-state index in [0.717, 1.165) is 5.56 Å². The lowest BCUT2D eigenvalue weighted by atomic mass is 10.1. The van der Waals surface area contributed by atoms with Crippen LogP contribution < -0.4 is 0 Å². The molecule has 2 nitrogen and oxygen atoms in total. The normalized spacial score (nSPS) is 10.7. The Morgan fingerprint density at radius 3 is 2.79 bits per heavy atom. The van der Waals surface area contributed by atoms with Gasteiger partial charge in [0.05, 0.1) is 0 Å². The highest BCUT2D eigenvalue weighted by atomic mass is 16.1. The van der Waals surface area contributed by atoms with Crippen molar-refractivity contribution in [2.24, 2.45) is 4.99 Å². The van der Waals surface area contributed by atoms with E-state index in [4.69, 9.17) is 0 Å². The third-order valence-electron chi connectivity index (χ3n) is 2.01. The minimum absolute atomic E-state index is 0.187. The van der Waals surface area contributed by atoms with Crippen LogP contribution in [0, 0.1) is 6.92 Å². The number of Topliss-reactive ketones (excluding diaryl/α,β-unsaturated/α-hetero) is 1. The van der Waals surface area contributed by atoms with Gasteiger partial charge in [-0.1, -0.05) is 24.3 Å². The highest BCUT2D eigenvalue weighted by Gasteiger charge is 1.92. The van der Waals surface area contributed by atoms with Gasteiger partial charge in [0.2, 0.25) is 0 Å². The lowest BCUT2D eigenvalue weighted by molar-refractivity contribution is -0.116. The van der Waals surface area contributed by atoms with E-state index in [2.05, 4.69) is 4.99 Å². The highest BCUT2D eigenvalue weighted by molar-refractivity contribution is 5.82. The molecule has 0 bridgehead atoms. The molecule has 0 atom stereocenters. The molecule has 0 aliphatic rings. The van der Waals surface area contributed by atoms with Crippen LogP contribution >= 0.6 is 0 Å². The first-order chi connectivity index (χ1) is 6.70. The molecule has 14 heavy (non-hydrogen) atoms. The summed E-state index contributed by atoms with van der Waals surface area (Å²) in [5, 5.41) is 0. The molecule has 2 heteroatoms. The monoisotopic (exact) mass is 189 g/mol. The maximum Gasteiger partial charge on any atom is 0.131 e. The number of carbonyl (C=O) groups excluding carboxylic acids is 1. The molecular formula is C12H15NO. The average Bonchev–Trinajstić information content (AvgIpc) is 2.15. The zero-order valence-electron chi connectivity index (χ0n) is 8.66. The smallest absolute Gasteiger partial charge is 0.131 e. The van der Waals surface area contributed by atoms with Crippen molar-refractivity contribution in [1.82, 2.24) is 0 Å². The summed E-state index contributed by atoms with van der Waals surface area (Å²) in [5.74, 6) is 0.187. The van der Waals surface area contributed by atoms with Gasteiger partial charge in [-0.05, 0) is 25.0 Å². The molecule has 0 aliphatic heterocycles. The van der Waals surface area contributed by atoms with Crippen LogP contribution in [-0.4, -0.2) is 18.5 Å². The fourth-order valence-electron chi connectivity index (χ4n) is 1.12. The lowest BCUT2D eigenvalue weighted by Crippen LogP contribution is -1.94. The Morgan fingerprint density at radius 1 is 1.43 bits per heavy atom. The molecule has 1 rings (SSSR count). The van der Waals surface area contributed by atoms with Gasteiger partial charge in [-0.2, -0.15) is 0 Å². The van der Waals surface area contributed by atoms with Crippen LogP contribution in [-0.2, 0) is 4.79 Å². The van der Waals surface area contributed by atoms with Crippen LogP contribution in [0.1, 0.15) is 24.5 Å². The standard InChI is InChI=1S/C12H15NO/c1-10-5-3-4-6-12(10)9-13-8-7-11(2)14/h3-6,9H,7-8H2,1-2H3. The van der Waals surface area contributed by atoms with E-state index in [9.17, 15) is 4.79 Å². The number of rotatable bonds is 4. The third-order valence-corrected chi connectivity index (χ3v) is 2.01. The van der Waals surface area contributed by atoms with Crippen molar-refractivity contribution in [3.8, 4) is 0 Å². The van der Waals surface area contributed by atoms with Crippen LogP contribution in [0.3, 0.4) is 0 Å². The Morgan fingerprint density at radius 2 is 2.14 bits per heavy atom. The number of aliphatic imine (C=N–C) groups is 1. The number of ketones is 1. The molecule has 0 fully saturated rings. The van der Waals surface area contributed by atoms with E-state index < -0.39 is 0 Å². The van der Waals surface area contributed by atoms with Crippen LogP contribution in [0.15, 0.2) is 29.3 Å². The van der Waals surface area contributed by atoms with Crippen molar-refractivity contribution >= 4 is 12.0 Å². The molecule has 0 unspecified atom stereocenters. The largest absolute Gasteiger partial charge is 0.300 e. The van der Waals surface area contributed by atoms with Crippen molar-refractivity contribution in [2.75, 3.05) is 6.54 Å². The third kappa shape index (κ3) is 3.52. The Labute approximate surface area is 84.7 Å². The van der Waals surface area contributed by atoms with Crippen LogP contribution in [0.25, 0.3) is 0 Å². The lowest BCUT2D eigenvalue weighted by Gasteiger charge is -1.97. The van der Waals surface area contributed by atoms with E-state index in [0.29, 0.717) is 13.0 Å². The van der Waals surface area contributed by atoms with Gasteiger partial charge in [-0.3, -0.25) is 9.79 Å². The van der Waals surface area contributed by atoms with Gasteiger partial charge in [-0.15, -0.1) is 0 Å². The molecular weight excluding hydrogens is 174 g/mol. The summed E-state index contributed by atoms with van der Waals surface area (Å²) in [5.41, 5.74) is 2.33. The van der Waals surface area contributed by atoms with E-state index in [1.165, 1.54) is 5.56 Å². The predicted molar refractivity (Wildman–Crippen MR) is 58.9 cm³/mol. The minimum Gasteiger partial charge on any atom is -0.300 e. The number of benzene rings is 1. The van der Waals surface area contributed by atoms with Crippen LogP contribution in [0.2, 0.25) is 0 Å². The second-order valence-corrected chi connectivity index (χ2v) is 3.34. The van der Waals surface area contributed by atoms with Crippen molar-refractivity contribution in [2.45, 2.75) is 20.3 Å². The second-order valence-electron chi connectivity index (χ2n) is 3.34. The summed E-state index contributed by atoms with van der Waals surface area (Å²) in [6.07, 6.45) is 2.36. The molecule has 0 radical (unpaired) electrons. The van der Waals surface area contributed by atoms with Gasteiger partial charge in [0.25, 0.3) is 0 Å². The molecule has 0 heterocycles. The summed E-state index contributed by atoms with van der Waals surface area (Å²) in [4.78, 5) is 14.8. The maximum absolute atomic E-state index is 10.6. The Balaban J connectivity index is 2.52. The molecule has 1 aromatic rings. The molecule has 0 spiro atoms. The molecule has 0 N–H and O–H groups in total. The number of carbonyl (C=O) groups is 1. The summed E-state index contributed by atoms with van der Waals surface area (Å²) in [7, 11) is 0. The molecule has 1 aromatic carbocycles. The summed E-state index contributed by atoms with van der Waals surface area (Å²) < 4.78 is 0. The van der Waals surface area contributed by atoms with Crippen LogP contribution in [0.5, 0.6) is 0 Å². The number of aryl methyl sites for hydroxylation is 1. The first-order valence-electron chi connectivity index (χ1n) is 4.75. The number of hydrogen-bond acceptors (Lipinski definition) is 2. The molecule has 74 valence electrons. The average molecular weight is 189 g/mol. The molecule has 0 saturated carbocycles. The van der Waals surface area contributed by atoms with Gasteiger partial charge in [-0.25, -0.2) is 0 Å². The topological polar surface area (TPSA) is 29.4 Å². The van der Waals surface area contributed by atoms with Crippen LogP contribution in [0.4, 0.5) is 0 Å².